The molecule has 25 heavy (non-hydrogen) atoms. The van der Waals surface area contributed by atoms with Gasteiger partial charge in [0.2, 0.25) is 0 Å². The molecule has 1 aliphatic heterocycles. The van der Waals surface area contributed by atoms with Crippen LogP contribution in [0.5, 0.6) is 5.75 Å². The van der Waals surface area contributed by atoms with Crippen molar-refractivity contribution in [3.8, 4) is 16.9 Å². The van der Waals surface area contributed by atoms with E-state index in [-0.39, 0.29) is 11.7 Å². The fourth-order valence-electron chi connectivity index (χ4n) is 3.26. The maximum atomic E-state index is 13.7. The van der Waals surface area contributed by atoms with Crippen LogP contribution in [0.4, 0.5) is 4.39 Å². The summed E-state index contributed by atoms with van der Waals surface area (Å²) in [5, 5.41) is 0. The number of rotatable bonds is 4. The van der Waals surface area contributed by atoms with Gasteiger partial charge in [-0.2, -0.15) is 0 Å². The Balaban J connectivity index is 1.87. The van der Waals surface area contributed by atoms with Crippen molar-refractivity contribution in [2.24, 2.45) is 0 Å². The first-order valence-corrected chi connectivity index (χ1v) is 8.39. The number of carbonyl (C=O) groups is 1. The first-order chi connectivity index (χ1) is 12.0. The maximum absolute atomic E-state index is 13.7. The number of halogens is 1. The minimum Gasteiger partial charge on any atom is -0.496 e. The molecular formula is C20H23FN2O2. The zero-order chi connectivity index (χ0) is 18.0. The van der Waals surface area contributed by atoms with Crippen LogP contribution in [0, 0.1) is 5.82 Å². The highest BCUT2D eigenvalue weighted by atomic mass is 19.1. The molecule has 0 aromatic heterocycles. The molecule has 132 valence electrons. The van der Waals surface area contributed by atoms with Gasteiger partial charge in [-0.1, -0.05) is 12.1 Å². The van der Waals surface area contributed by atoms with Gasteiger partial charge in [-0.25, -0.2) is 4.39 Å². The number of likely N-dealkylation sites (tertiary alicyclic amines) is 1. The summed E-state index contributed by atoms with van der Waals surface area (Å²) < 4.78 is 19.0. The van der Waals surface area contributed by atoms with Gasteiger partial charge < -0.3 is 14.5 Å². The molecule has 0 saturated carbocycles. The Morgan fingerprint density at radius 3 is 2.72 bits per heavy atom. The van der Waals surface area contributed by atoms with Crippen LogP contribution in [0.2, 0.25) is 0 Å². The highest BCUT2D eigenvalue weighted by molar-refractivity contribution is 5.96. The summed E-state index contributed by atoms with van der Waals surface area (Å²) >= 11 is 0. The molecule has 0 unspecified atom stereocenters. The Labute approximate surface area is 147 Å². The van der Waals surface area contributed by atoms with E-state index in [1.54, 1.807) is 19.2 Å². The highest BCUT2D eigenvalue weighted by Gasteiger charge is 2.28. The van der Waals surface area contributed by atoms with Crippen molar-refractivity contribution >= 4 is 5.91 Å². The predicted octanol–water partition coefficient (Wildman–Crippen LogP) is 3.28. The van der Waals surface area contributed by atoms with E-state index >= 15 is 0 Å². The van der Waals surface area contributed by atoms with Gasteiger partial charge >= 0.3 is 0 Å². The van der Waals surface area contributed by atoms with Gasteiger partial charge in [0.1, 0.15) is 11.6 Å². The molecule has 2 aromatic carbocycles. The number of benzene rings is 2. The van der Waals surface area contributed by atoms with Gasteiger partial charge in [0.05, 0.1) is 7.11 Å². The molecule has 0 aliphatic carbocycles. The topological polar surface area (TPSA) is 32.8 Å². The average molecular weight is 342 g/mol. The molecule has 1 saturated heterocycles. The third-order valence-electron chi connectivity index (χ3n) is 4.76. The van der Waals surface area contributed by atoms with E-state index in [1.807, 2.05) is 37.2 Å². The molecule has 1 aliphatic rings. The van der Waals surface area contributed by atoms with Crippen LogP contribution in [0.3, 0.4) is 0 Å². The number of hydrogen-bond donors (Lipinski definition) is 0. The van der Waals surface area contributed by atoms with Crippen molar-refractivity contribution in [1.29, 1.82) is 0 Å². The van der Waals surface area contributed by atoms with Crippen LogP contribution >= 0.6 is 0 Å². The van der Waals surface area contributed by atoms with E-state index in [4.69, 9.17) is 4.74 Å². The number of hydrogen-bond acceptors (Lipinski definition) is 3. The average Bonchev–Trinajstić information content (AvgIpc) is 3.11. The first kappa shape index (κ1) is 17.4. The lowest BCUT2D eigenvalue weighted by Gasteiger charge is -2.20. The number of nitrogens with zero attached hydrogens (tertiary/aromatic N) is 2. The smallest absolute Gasteiger partial charge is 0.253 e. The lowest BCUT2D eigenvalue weighted by atomic mass is 10.0. The summed E-state index contributed by atoms with van der Waals surface area (Å²) in [5.74, 6) is 0.266. The fraction of sp³-hybridized carbons (Fsp3) is 0.350. The summed E-state index contributed by atoms with van der Waals surface area (Å²) in [6.45, 7) is 1.49. The molecule has 2 aromatic rings. The highest BCUT2D eigenvalue weighted by Crippen LogP contribution is 2.31. The lowest BCUT2D eigenvalue weighted by molar-refractivity contribution is 0.0783. The number of carbonyl (C=O) groups excluding carboxylic acids is 1. The fourth-order valence-corrected chi connectivity index (χ4v) is 3.26. The van der Waals surface area contributed by atoms with E-state index in [2.05, 4.69) is 4.90 Å². The molecule has 0 N–H and O–H groups in total. The third-order valence-corrected chi connectivity index (χ3v) is 4.76. The second kappa shape index (κ2) is 7.23. The number of methoxy groups -OCH3 is 1. The van der Waals surface area contributed by atoms with Crippen LogP contribution in [0.1, 0.15) is 16.8 Å². The summed E-state index contributed by atoms with van der Waals surface area (Å²) in [5.41, 5.74) is 2.03. The van der Waals surface area contributed by atoms with E-state index in [0.29, 0.717) is 22.9 Å². The van der Waals surface area contributed by atoms with Crippen LogP contribution in [0.15, 0.2) is 42.5 Å². The molecule has 4 nitrogen and oxygen atoms in total. The lowest BCUT2D eigenvalue weighted by Crippen LogP contribution is -2.34. The predicted molar refractivity (Wildman–Crippen MR) is 96.4 cm³/mol. The molecule has 0 radical (unpaired) electrons. The SMILES string of the molecule is COc1ccc(F)cc1-c1cccc(C(=O)N2CC[C@H](N(C)C)C2)c1. The molecule has 0 bridgehead atoms. The zero-order valence-corrected chi connectivity index (χ0v) is 14.8. The van der Waals surface area contributed by atoms with E-state index in [1.165, 1.54) is 12.1 Å². The standard InChI is InChI=1S/C20H23FN2O2/c1-22(2)17-9-10-23(13-17)20(24)15-6-4-5-14(11-15)18-12-16(21)7-8-19(18)25-3/h4-8,11-12,17H,9-10,13H2,1-3H3/t17-/m0/s1. The molecule has 1 fully saturated rings. The van der Waals surface area contributed by atoms with Crippen LogP contribution in [-0.2, 0) is 0 Å². The summed E-state index contributed by atoms with van der Waals surface area (Å²) in [6.07, 6.45) is 0.982. The summed E-state index contributed by atoms with van der Waals surface area (Å²) in [6, 6.07) is 12.1. The van der Waals surface area contributed by atoms with Crippen LogP contribution in [-0.4, -0.2) is 56.0 Å². The number of likely N-dealkylation sites (N-methyl/N-ethyl adjacent to an activating group) is 1. The largest absolute Gasteiger partial charge is 0.496 e. The molecule has 5 heteroatoms. The van der Waals surface area contributed by atoms with Crippen molar-refractivity contribution < 1.29 is 13.9 Å². The second-order valence-electron chi connectivity index (χ2n) is 6.58. The minimum absolute atomic E-state index is 0.0153. The summed E-state index contributed by atoms with van der Waals surface area (Å²) in [7, 11) is 5.63. The third kappa shape index (κ3) is 3.66. The normalized spacial score (nSPS) is 17.2. The van der Waals surface area contributed by atoms with Gasteiger partial charge in [-0.05, 0) is 56.4 Å². The second-order valence-corrected chi connectivity index (χ2v) is 6.58. The van der Waals surface area contributed by atoms with Crippen molar-refractivity contribution in [2.45, 2.75) is 12.5 Å². The van der Waals surface area contributed by atoms with Crippen molar-refractivity contribution in [3.05, 3.63) is 53.8 Å². The minimum atomic E-state index is -0.333. The van der Waals surface area contributed by atoms with Gasteiger partial charge in [0.25, 0.3) is 5.91 Å². The Bertz CT molecular complexity index is 776. The van der Waals surface area contributed by atoms with Crippen molar-refractivity contribution in [2.75, 3.05) is 34.3 Å². The van der Waals surface area contributed by atoms with E-state index in [0.717, 1.165) is 25.1 Å². The number of amides is 1. The van der Waals surface area contributed by atoms with Crippen LogP contribution in [0.25, 0.3) is 11.1 Å². The molecule has 1 heterocycles. The molecule has 0 spiro atoms. The molecule has 3 rings (SSSR count). The maximum Gasteiger partial charge on any atom is 0.253 e. The zero-order valence-electron chi connectivity index (χ0n) is 14.8. The number of ether oxygens (including phenoxy) is 1. The molecule has 1 atom stereocenters. The first-order valence-electron chi connectivity index (χ1n) is 8.39. The van der Waals surface area contributed by atoms with E-state index in [9.17, 15) is 9.18 Å². The molecule has 1 amide bonds. The van der Waals surface area contributed by atoms with E-state index < -0.39 is 0 Å². The summed E-state index contributed by atoms with van der Waals surface area (Å²) in [4.78, 5) is 16.9. The Hall–Kier alpha value is -2.40. The van der Waals surface area contributed by atoms with Gasteiger partial charge in [-0.15, -0.1) is 0 Å². The Morgan fingerprint density at radius 2 is 2.04 bits per heavy atom. The Kier molecular flexibility index (Phi) is 5.04. The van der Waals surface area contributed by atoms with Gasteiger partial charge in [0.15, 0.2) is 0 Å². The monoisotopic (exact) mass is 342 g/mol. The molecular weight excluding hydrogens is 319 g/mol. The van der Waals surface area contributed by atoms with Gasteiger partial charge in [0, 0.05) is 30.3 Å². The van der Waals surface area contributed by atoms with Crippen molar-refractivity contribution in [3.63, 3.8) is 0 Å². The van der Waals surface area contributed by atoms with Crippen LogP contribution < -0.4 is 4.74 Å². The van der Waals surface area contributed by atoms with Crippen molar-refractivity contribution in [1.82, 2.24) is 9.80 Å². The van der Waals surface area contributed by atoms with Gasteiger partial charge in [-0.3, -0.25) is 4.79 Å². The quantitative estimate of drug-likeness (QED) is 0.855. The Morgan fingerprint density at radius 1 is 1.24 bits per heavy atom.